The van der Waals surface area contributed by atoms with E-state index >= 15 is 0 Å². The first-order valence-electron chi connectivity index (χ1n) is 4.97. The van der Waals surface area contributed by atoms with Crippen molar-refractivity contribution in [3.63, 3.8) is 0 Å². The number of hydrogen-bond donors (Lipinski definition) is 1. The molecule has 132 valence electrons. The molecule has 0 atom stereocenters. The number of aromatic amines is 1. The third kappa shape index (κ3) is 3.72. The molecule has 14 heteroatoms. The van der Waals surface area contributed by atoms with Gasteiger partial charge in [0, 0.05) is 0 Å². The van der Waals surface area contributed by atoms with Crippen LogP contribution in [0.3, 0.4) is 0 Å². The van der Waals surface area contributed by atoms with Gasteiger partial charge in [-0.15, -0.1) is 0 Å². The standard InChI is InChI=1S/C9HF12NO/c10-6(11,12)1-3(23)2(7(13,14)15)5(9(19,20)21)22-4(1)8(16,17)18/h(H,22,23). The number of aromatic nitrogens is 1. The molecule has 0 unspecified atom stereocenters. The molecule has 0 spiro atoms. The third-order valence-corrected chi connectivity index (χ3v) is 2.34. The van der Waals surface area contributed by atoms with Crippen LogP contribution in [0.1, 0.15) is 22.5 Å². The van der Waals surface area contributed by atoms with Crippen molar-refractivity contribution in [1.29, 1.82) is 0 Å². The predicted molar refractivity (Wildman–Crippen MR) is 47.1 cm³/mol. The zero-order valence-electron chi connectivity index (χ0n) is 9.94. The van der Waals surface area contributed by atoms with E-state index in [-0.39, 0.29) is 4.98 Å². The fourth-order valence-electron chi connectivity index (χ4n) is 1.57. The minimum atomic E-state index is -6.28. The van der Waals surface area contributed by atoms with Crippen LogP contribution in [0.5, 0.6) is 0 Å². The normalized spacial score (nSPS) is 14.3. The Bertz CT molecular complexity index is 603. The Morgan fingerprint density at radius 3 is 0.957 bits per heavy atom. The molecule has 0 saturated carbocycles. The highest BCUT2D eigenvalue weighted by molar-refractivity contribution is 5.37. The number of pyridine rings is 1. The number of halogens is 12. The Morgan fingerprint density at radius 1 is 0.522 bits per heavy atom. The van der Waals surface area contributed by atoms with Crippen LogP contribution in [0.4, 0.5) is 52.7 Å². The van der Waals surface area contributed by atoms with Gasteiger partial charge < -0.3 is 4.98 Å². The minimum Gasteiger partial charge on any atom is -0.346 e. The summed E-state index contributed by atoms with van der Waals surface area (Å²) in [6.07, 6.45) is -24.9. The molecule has 0 radical (unpaired) electrons. The minimum absolute atomic E-state index is 0.0255. The smallest absolute Gasteiger partial charge is 0.346 e. The van der Waals surface area contributed by atoms with Gasteiger partial charge in [-0.2, -0.15) is 52.7 Å². The van der Waals surface area contributed by atoms with Gasteiger partial charge in [0.15, 0.2) is 0 Å². The Hall–Kier alpha value is -1.89. The maximum absolute atomic E-state index is 12.5. The number of nitrogens with one attached hydrogen (secondary N) is 1. The Balaban J connectivity index is 4.14. The summed E-state index contributed by atoms with van der Waals surface area (Å²) in [4.78, 5) is 11.2. The molecule has 1 rings (SSSR count). The van der Waals surface area contributed by atoms with E-state index in [0.717, 1.165) is 0 Å². The molecule has 0 aliphatic carbocycles. The highest BCUT2D eigenvalue weighted by atomic mass is 19.4. The Labute approximate surface area is 116 Å². The maximum atomic E-state index is 12.5. The van der Waals surface area contributed by atoms with Crippen LogP contribution in [0.25, 0.3) is 0 Å². The first-order chi connectivity index (χ1) is 9.88. The zero-order valence-corrected chi connectivity index (χ0v) is 9.94. The zero-order chi connectivity index (χ0) is 18.6. The van der Waals surface area contributed by atoms with Crippen molar-refractivity contribution in [2.24, 2.45) is 0 Å². The van der Waals surface area contributed by atoms with Crippen molar-refractivity contribution in [2.45, 2.75) is 24.7 Å². The highest BCUT2D eigenvalue weighted by Gasteiger charge is 2.54. The van der Waals surface area contributed by atoms with Crippen molar-refractivity contribution < 1.29 is 52.7 Å². The fourth-order valence-corrected chi connectivity index (χ4v) is 1.57. The number of hydrogen-bond acceptors (Lipinski definition) is 1. The van der Waals surface area contributed by atoms with Gasteiger partial charge in [0.25, 0.3) is 0 Å². The van der Waals surface area contributed by atoms with Crippen molar-refractivity contribution in [1.82, 2.24) is 4.98 Å². The molecule has 0 fully saturated rings. The summed E-state index contributed by atoms with van der Waals surface area (Å²) in [6.45, 7) is 0. The van der Waals surface area contributed by atoms with Gasteiger partial charge in [-0.25, -0.2) is 0 Å². The summed E-state index contributed by atoms with van der Waals surface area (Å²) < 4.78 is 149. The summed E-state index contributed by atoms with van der Waals surface area (Å²) in [5, 5.41) is 0. The van der Waals surface area contributed by atoms with Gasteiger partial charge in [-0.05, 0) is 0 Å². The van der Waals surface area contributed by atoms with Crippen molar-refractivity contribution >= 4 is 0 Å². The van der Waals surface area contributed by atoms with Gasteiger partial charge in [-0.3, -0.25) is 4.79 Å². The molecule has 0 aromatic carbocycles. The Kier molecular flexibility index (Phi) is 4.21. The van der Waals surface area contributed by atoms with E-state index in [1.165, 1.54) is 0 Å². The second-order valence-corrected chi connectivity index (χ2v) is 3.95. The summed E-state index contributed by atoms with van der Waals surface area (Å²) >= 11 is 0. The molecule has 1 aromatic heterocycles. The lowest BCUT2D eigenvalue weighted by Crippen LogP contribution is -2.36. The van der Waals surface area contributed by atoms with Crippen LogP contribution in [0.15, 0.2) is 4.79 Å². The average Bonchev–Trinajstić information content (AvgIpc) is 2.20. The van der Waals surface area contributed by atoms with Gasteiger partial charge in [-0.1, -0.05) is 0 Å². The monoisotopic (exact) mass is 367 g/mol. The highest BCUT2D eigenvalue weighted by Crippen LogP contribution is 2.43. The lowest BCUT2D eigenvalue weighted by Gasteiger charge is -2.21. The number of rotatable bonds is 0. The van der Waals surface area contributed by atoms with Gasteiger partial charge >= 0.3 is 24.7 Å². The molecule has 0 aliphatic heterocycles. The molecule has 2 nitrogen and oxygen atoms in total. The number of alkyl halides is 12. The van der Waals surface area contributed by atoms with Crippen molar-refractivity contribution in [3.05, 3.63) is 32.7 Å². The van der Waals surface area contributed by atoms with Crippen LogP contribution in [-0.4, -0.2) is 4.98 Å². The fraction of sp³-hybridized carbons (Fsp3) is 0.444. The molecule has 0 amide bonds. The van der Waals surface area contributed by atoms with E-state index in [4.69, 9.17) is 0 Å². The lowest BCUT2D eigenvalue weighted by molar-refractivity contribution is -0.177. The second kappa shape index (κ2) is 5.06. The quantitative estimate of drug-likeness (QED) is 0.676. The molecule has 1 aromatic rings. The summed E-state index contributed by atoms with van der Waals surface area (Å²) in [5.41, 5.74) is -16.8. The Morgan fingerprint density at radius 2 is 0.783 bits per heavy atom. The van der Waals surface area contributed by atoms with Crippen LogP contribution in [0.2, 0.25) is 0 Å². The lowest BCUT2D eigenvalue weighted by atomic mass is 10.0. The van der Waals surface area contributed by atoms with Crippen molar-refractivity contribution in [3.8, 4) is 0 Å². The first-order valence-corrected chi connectivity index (χ1v) is 4.97. The largest absolute Gasteiger partial charge is 0.431 e. The average molecular weight is 367 g/mol. The molecule has 1 N–H and O–H groups in total. The van der Waals surface area contributed by atoms with Crippen LogP contribution >= 0.6 is 0 Å². The van der Waals surface area contributed by atoms with Gasteiger partial charge in [0.2, 0.25) is 5.43 Å². The molecule has 0 aliphatic rings. The van der Waals surface area contributed by atoms with Gasteiger partial charge in [0.05, 0.1) is 0 Å². The predicted octanol–water partition coefficient (Wildman–Crippen LogP) is 4.45. The van der Waals surface area contributed by atoms with E-state index in [9.17, 15) is 57.5 Å². The molecule has 0 bridgehead atoms. The summed E-state index contributed by atoms with van der Waals surface area (Å²) in [7, 11) is 0. The summed E-state index contributed by atoms with van der Waals surface area (Å²) in [5.74, 6) is 0. The topological polar surface area (TPSA) is 32.9 Å². The van der Waals surface area contributed by atoms with Crippen molar-refractivity contribution in [2.75, 3.05) is 0 Å². The van der Waals surface area contributed by atoms with Crippen LogP contribution < -0.4 is 5.43 Å². The van der Waals surface area contributed by atoms with E-state index in [1.807, 2.05) is 0 Å². The van der Waals surface area contributed by atoms with Crippen LogP contribution in [-0.2, 0) is 24.7 Å². The van der Waals surface area contributed by atoms with E-state index in [2.05, 4.69) is 0 Å². The molecular weight excluding hydrogens is 366 g/mol. The molecule has 0 saturated heterocycles. The van der Waals surface area contributed by atoms with Crippen LogP contribution in [0, 0.1) is 0 Å². The van der Waals surface area contributed by atoms with Gasteiger partial charge in [0.1, 0.15) is 22.5 Å². The van der Waals surface area contributed by atoms with E-state index < -0.39 is 52.6 Å². The summed E-state index contributed by atoms with van der Waals surface area (Å²) in [6, 6.07) is 0. The molecule has 23 heavy (non-hydrogen) atoms. The number of H-pyrrole nitrogens is 1. The second-order valence-electron chi connectivity index (χ2n) is 3.95. The van der Waals surface area contributed by atoms with E-state index in [1.54, 1.807) is 0 Å². The maximum Gasteiger partial charge on any atom is 0.431 e. The third-order valence-electron chi connectivity index (χ3n) is 2.34. The SMILES string of the molecule is O=c1c(C(F)(F)F)c(C(F)(F)F)[nH]c(C(F)(F)F)c1C(F)(F)F. The first kappa shape index (κ1) is 19.2. The molecular formula is C9HF12NO. The van der Waals surface area contributed by atoms with E-state index in [0.29, 0.717) is 0 Å². The molecule has 1 heterocycles.